The van der Waals surface area contributed by atoms with Crippen molar-refractivity contribution in [3.8, 4) is 0 Å². The predicted molar refractivity (Wildman–Crippen MR) is 68.5 cm³/mol. The van der Waals surface area contributed by atoms with E-state index < -0.39 is 0 Å². The summed E-state index contributed by atoms with van der Waals surface area (Å²) < 4.78 is 6.05. The fourth-order valence-corrected chi connectivity index (χ4v) is 2.84. The molecule has 0 atom stereocenters. The molecule has 0 saturated heterocycles. The third-order valence-corrected chi connectivity index (χ3v) is 4.15. The molecule has 0 saturated carbocycles. The summed E-state index contributed by atoms with van der Waals surface area (Å²) in [4.78, 5) is 19.4. The number of aryl methyl sites for hydroxylation is 1. The molecule has 3 heterocycles. The normalized spacial score (nSPS) is 14.7. The van der Waals surface area contributed by atoms with Crippen LogP contribution in [0.25, 0.3) is 0 Å². The Morgan fingerprint density at radius 3 is 3.06 bits per heavy atom. The highest BCUT2D eigenvalue weighted by atomic mass is 32.1. The zero-order valence-electron chi connectivity index (χ0n) is 10.4. The van der Waals surface area contributed by atoms with Gasteiger partial charge in [0.25, 0.3) is 5.91 Å². The molecule has 0 radical (unpaired) electrons. The van der Waals surface area contributed by atoms with Gasteiger partial charge >= 0.3 is 0 Å². The van der Waals surface area contributed by atoms with Crippen molar-refractivity contribution in [1.82, 2.24) is 18.8 Å². The molecule has 2 aromatic heterocycles. The van der Waals surface area contributed by atoms with Gasteiger partial charge in [0.2, 0.25) is 0 Å². The zero-order valence-corrected chi connectivity index (χ0v) is 11.2. The highest BCUT2D eigenvalue weighted by Gasteiger charge is 2.26. The Bertz CT molecular complexity index is 587. The molecular formula is C12H14N4OS. The van der Waals surface area contributed by atoms with Crippen LogP contribution in [0.4, 0.5) is 0 Å². The van der Waals surface area contributed by atoms with Crippen molar-refractivity contribution in [2.45, 2.75) is 19.9 Å². The first-order valence-electron chi connectivity index (χ1n) is 5.88. The quantitative estimate of drug-likeness (QED) is 0.780. The second-order valence-electron chi connectivity index (χ2n) is 4.46. The molecule has 0 aliphatic carbocycles. The number of amides is 1. The first-order chi connectivity index (χ1) is 8.66. The van der Waals surface area contributed by atoms with E-state index in [4.69, 9.17) is 0 Å². The number of hydrogen-bond donors (Lipinski definition) is 0. The number of carbonyl (C=O) groups excluding carboxylic acids is 1. The Hall–Kier alpha value is -1.69. The summed E-state index contributed by atoms with van der Waals surface area (Å²) in [5.74, 6) is 1.08. The molecule has 1 aliphatic rings. The van der Waals surface area contributed by atoms with Crippen LogP contribution in [0.5, 0.6) is 0 Å². The second kappa shape index (κ2) is 4.20. The van der Waals surface area contributed by atoms with Crippen molar-refractivity contribution in [2.24, 2.45) is 7.05 Å². The molecule has 0 unspecified atom stereocenters. The van der Waals surface area contributed by atoms with Crippen LogP contribution >= 0.6 is 11.5 Å². The zero-order chi connectivity index (χ0) is 12.7. The minimum atomic E-state index is 0.0713. The van der Waals surface area contributed by atoms with E-state index in [1.807, 2.05) is 18.9 Å². The molecule has 2 aromatic rings. The van der Waals surface area contributed by atoms with E-state index in [0.717, 1.165) is 30.2 Å². The van der Waals surface area contributed by atoms with Gasteiger partial charge in [0.15, 0.2) is 0 Å². The fraction of sp³-hybridized carbons (Fsp3) is 0.417. The maximum atomic E-state index is 12.3. The van der Waals surface area contributed by atoms with E-state index in [2.05, 4.69) is 13.9 Å². The van der Waals surface area contributed by atoms with Crippen LogP contribution in [0.2, 0.25) is 0 Å². The average molecular weight is 262 g/mol. The summed E-state index contributed by atoms with van der Waals surface area (Å²) in [6.45, 7) is 3.37. The molecule has 18 heavy (non-hydrogen) atoms. The molecule has 0 fully saturated rings. The van der Waals surface area contributed by atoms with E-state index in [-0.39, 0.29) is 5.91 Å². The lowest BCUT2D eigenvalue weighted by atomic mass is 10.1. The Morgan fingerprint density at radius 2 is 2.33 bits per heavy atom. The van der Waals surface area contributed by atoms with Gasteiger partial charge in [-0.15, -0.1) is 0 Å². The van der Waals surface area contributed by atoms with Gasteiger partial charge in [-0.1, -0.05) is 0 Å². The maximum absolute atomic E-state index is 12.3. The van der Waals surface area contributed by atoms with Gasteiger partial charge < -0.3 is 9.47 Å². The monoisotopic (exact) mass is 262 g/mol. The van der Waals surface area contributed by atoms with Crippen molar-refractivity contribution in [1.29, 1.82) is 0 Å². The smallest absolute Gasteiger partial charge is 0.265 e. The predicted octanol–water partition coefficient (Wildman–Crippen LogP) is 1.38. The Balaban J connectivity index is 1.87. The van der Waals surface area contributed by atoms with Crippen molar-refractivity contribution in [3.63, 3.8) is 0 Å². The SMILES string of the molecule is Cc1nc2c(n1C)CN(C(=O)c1ccns1)CC2. The number of rotatable bonds is 1. The molecule has 0 aromatic carbocycles. The van der Waals surface area contributed by atoms with Crippen molar-refractivity contribution in [2.75, 3.05) is 6.54 Å². The third-order valence-electron chi connectivity index (χ3n) is 3.42. The summed E-state index contributed by atoms with van der Waals surface area (Å²) >= 11 is 1.25. The lowest BCUT2D eigenvalue weighted by molar-refractivity contribution is 0.0735. The second-order valence-corrected chi connectivity index (χ2v) is 5.30. The molecule has 1 aliphatic heterocycles. The Labute approximate surface area is 109 Å². The van der Waals surface area contributed by atoms with Crippen LogP contribution in [0.1, 0.15) is 26.9 Å². The summed E-state index contributed by atoms with van der Waals surface area (Å²) in [6.07, 6.45) is 2.50. The molecule has 94 valence electrons. The highest BCUT2D eigenvalue weighted by Crippen LogP contribution is 2.21. The molecule has 1 amide bonds. The molecule has 3 rings (SSSR count). The lowest BCUT2D eigenvalue weighted by Gasteiger charge is -2.26. The number of hydrogen-bond acceptors (Lipinski definition) is 4. The maximum Gasteiger partial charge on any atom is 0.265 e. The van der Waals surface area contributed by atoms with Crippen LogP contribution < -0.4 is 0 Å². The van der Waals surface area contributed by atoms with Crippen molar-refractivity contribution >= 4 is 17.4 Å². The first kappa shape index (κ1) is 11.4. The summed E-state index contributed by atoms with van der Waals surface area (Å²) in [5, 5.41) is 0. The van der Waals surface area contributed by atoms with Gasteiger partial charge in [-0.25, -0.2) is 9.36 Å². The third kappa shape index (κ3) is 1.73. The van der Waals surface area contributed by atoms with Crippen LogP contribution in [0, 0.1) is 6.92 Å². The molecule has 5 nitrogen and oxygen atoms in total. The van der Waals surface area contributed by atoms with Crippen LogP contribution in [-0.2, 0) is 20.0 Å². The van der Waals surface area contributed by atoms with Crippen molar-refractivity contribution in [3.05, 3.63) is 34.4 Å². The number of nitrogens with zero attached hydrogens (tertiary/aromatic N) is 4. The van der Waals surface area contributed by atoms with E-state index in [0.29, 0.717) is 11.4 Å². The topological polar surface area (TPSA) is 51.0 Å². The summed E-state index contributed by atoms with van der Waals surface area (Å²) in [5.41, 5.74) is 2.28. The van der Waals surface area contributed by atoms with E-state index >= 15 is 0 Å². The molecular weight excluding hydrogens is 248 g/mol. The van der Waals surface area contributed by atoms with Crippen LogP contribution in [0.15, 0.2) is 12.3 Å². The number of carbonyl (C=O) groups is 1. The molecule has 0 spiro atoms. The lowest BCUT2D eigenvalue weighted by Crippen LogP contribution is -2.36. The van der Waals surface area contributed by atoms with Gasteiger partial charge in [0.05, 0.1) is 17.9 Å². The highest BCUT2D eigenvalue weighted by molar-refractivity contribution is 7.08. The van der Waals surface area contributed by atoms with Gasteiger partial charge in [-0.3, -0.25) is 4.79 Å². The van der Waals surface area contributed by atoms with Gasteiger partial charge in [0.1, 0.15) is 10.7 Å². The fourth-order valence-electron chi connectivity index (χ4n) is 2.28. The largest absolute Gasteiger partial charge is 0.334 e. The Morgan fingerprint density at radius 1 is 1.50 bits per heavy atom. The summed E-state index contributed by atoms with van der Waals surface area (Å²) in [7, 11) is 2.00. The van der Waals surface area contributed by atoms with Crippen LogP contribution in [0.3, 0.4) is 0 Å². The average Bonchev–Trinajstić information content (AvgIpc) is 2.99. The number of imidazole rings is 1. The van der Waals surface area contributed by atoms with E-state index in [9.17, 15) is 4.79 Å². The number of aromatic nitrogens is 3. The molecule has 6 heteroatoms. The van der Waals surface area contributed by atoms with Gasteiger partial charge in [-0.2, -0.15) is 0 Å². The van der Waals surface area contributed by atoms with E-state index in [1.165, 1.54) is 11.5 Å². The van der Waals surface area contributed by atoms with E-state index in [1.54, 1.807) is 12.3 Å². The van der Waals surface area contributed by atoms with Gasteiger partial charge in [0, 0.05) is 26.2 Å². The van der Waals surface area contributed by atoms with Crippen LogP contribution in [-0.4, -0.2) is 31.3 Å². The van der Waals surface area contributed by atoms with Gasteiger partial charge in [-0.05, 0) is 24.5 Å². The standard InChI is InChI=1S/C12H14N4OS/c1-8-14-9-4-6-16(7-10(9)15(8)2)12(17)11-3-5-13-18-11/h3,5H,4,6-7H2,1-2H3. The minimum absolute atomic E-state index is 0.0713. The molecule has 0 N–H and O–H groups in total. The van der Waals surface area contributed by atoms with Crippen molar-refractivity contribution < 1.29 is 4.79 Å². The molecule has 0 bridgehead atoms. The number of fused-ring (bicyclic) bond motifs is 1. The Kier molecular flexibility index (Phi) is 2.66. The first-order valence-corrected chi connectivity index (χ1v) is 6.65. The summed E-state index contributed by atoms with van der Waals surface area (Å²) in [6, 6.07) is 1.77. The minimum Gasteiger partial charge on any atom is -0.334 e.